The lowest BCUT2D eigenvalue weighted by Gasteiger charge is -2.36. The third-order valence-electron chi connectivity index (χ3n) is 4.20. The van der Waals surface area contributed by atoms with E-state index in [9.17, 15) is 4.39 Å². The summed E-state index contributed by atoms with van der Waals surface area (Å²) in [6.45, 7) is 6.16. The summed E-state index contributed by atoms with van der Waals surface area (Å²) >= 11 is 0. The highest BCUT2D eigenvalue weighted by Crippen LogP contribution is 2.21. The number of nitrogens with one attached hydrogen (secondary N) is 1. The van der Waals surface area contributed by atoms with Gasteiger partial charge in [-0.15, -0.1) is 0 Å². The van der Waals surface area contributed by atoms with E-state index in [2.05, 4.69) is 34.0 Å². The number of fused-ring (bicyclic) bond motifs is 1. The molecule has 0 radical (unpaired) electrons. The average Bonchev–Trinajstić information content (AvgIpc) is 2.50. The molecule has 3 rings (SSSR count). The molecule has 1 aliphatic rings. The fraction of sp³-hybridized carbons (Fsp3) is 0.500. The van der Waals surface area contributed by atoms with Gasteiger partial charge >= 0.3 is 0 Å². The predicted octanol–water partition coefficient (Wildman–Crippen LogP) is 2.74. The molecule has 1 aliphatic heterocycles. The molecule has 0 unspecified atom stereocenters. The lowest BCUT2D eigenvalue weighted by Crippen LogP contribution is -2.49. The fourth-order valence-corrected chi connectivity index (χ4v) is 2.95. The Morgan fingerprint density at radius 3 is 2.95 bits per heavy atom. The monoisotopic (exact) mass is 288 g/mol. The van der Waals surface area contributed by atoms with Crippen molar-refractivity contribution in [1.82, 2.24) is 15.3 Å². The SMILES string of the molecule is CCN(c1ncc2cc(F)ccc2n1)[C@H]1CC[C@@H](C)NC1. The summed E-state index contributed by atoms with van der Waals surface area (Å²) in [6, 6.07) is 5.63. The van der Waals surface area contributed by atoms with E-state index in [4.69, 9.17) is 0 Å². The normalized spacial score (nSPS) is 22.4. The van der Waals surface area contributed by atoms with Gasteiger partial charge in [0.1, 0.15) is 5.82 Å². The largest absolute Gasteiger partial charge is 0.337 e. The minimum absolute atomic E-state index is 0.253. The van der Waals surface area contributed by atoms with Gasteiger partial charge in [-0.05, 0) is 44.9 Å². The number of hydrogen-bond acceptors (Lipinski definition) is 4. The first-order chi connectivity index (χ1) is 10.2. The Labute approximate surface area is 124 Å². The number of halogens is 1. The highest BCUT2D eigenvalue weighted by atomic mass is 19.1. The van der Waals surface area contributed by atoms with Gasteiger partial charge in [-0.1, -0.05) is 0 Å². The molecule has 0 bridgehead atoms. The summed E-state index contributed by atoms with van der Waals surface area (Å²) in [4.78, 5) is 11.3. The van der Waals surface area contributed by atoms with Crippen LogP contribution in [0.25, 0.3) is 10.9 Å². The Kier molecular flexibility index (Phi) is 4.01. The molecule has 2 aromatic rings. The smallest absolute Gasteiger partial charge is 0.226 e. The number of likely N-dealkylation sites (N-methyl/N-ethyl adjacent to an activating group) is 1. The van der Waals surface area contributed by atoms with Gasteiger partial charge in [0.15, 0.2) is 0 Å². The van der Waals surface area contributed by atoms with Gasteiger partial charge < -0.3 is 10.2 Å². The van der Waals surface area contributed by atoms with E-state index in [-0.39, 0.29) is 5.82 Å². The zero-order chi connectivity index (χ0) is 14.8. The van der Waals surface area contributed by atoms with Crippen molar-refractivity contribution in [2.24, 2.45) is 0 Å². The topological polar surface area (TPSA) is 41.1 Å². The molecule has 0 saturated carbocycles. The lowest BCUT2D eigenvalue weighted by atomic mass is 10.0. The summed E-state index contributed by atoms with van der Waals surface area (Å²) < 4.78 is 13.2. The van der Waals surface area contributed by atoms with Crippen molar-refractivity contribution in [1.29, 1.82) is 0 Å². The van der Waals surface area contributed by atoms with E-state index in [1.54, 1.807) is 12.3 Å². The zero-order valence-corrected chi connectivity index (χ0v) is 12.5. The quantitative estimate of drug-likeness (QED) is 0.943. The third-order valence-corrected chi connectivity index (χ3v) is 4.20. The summed E-state index contributed by atoms with van der Waals surface area (Å²) in [6.07, 6.45) is 4.02. The molecule has 2 heterocycles. The fourth-order valence-electron chi connectivity index (χ4n) is 2.95. The van der Waals surface area contributed by atoms with Gasteiger partial charge in [-0.2, -0.15) is 0 Å². The molecule has 5 heteroatoms. The van der Waals surface area contributed by atoms with Gasteiger partial charge in [0, 0.05) is 36.8 Å². The summed E-state index contributed by atoms with van der Waals surface area (Å²) in [5, 5.41) is 4.26. The van der Waals surface area contributed by atoms with Crippen molar-refractivity contribution in [2.75, 3.05) is 18.0 Å². The Bertz CT molecular complexity index is 623. The molecule has 1 aromatic carbocycles. The van der Waals surface area contributed by atoms with Gasteiger partial charge in [0.25, 0.3) is 0 Å². The van der Waals surface area contributed by atoms with Crippen LogP contribution in [0, 0.1) is 5.82 Å². The number of hydrogen-bond donors (Lipinski definition) is 1. The van der Waals surface area contributed by atoms with Crippen molar-refractivity contribution in [3.8, 4) is 0 Å². The molecule has 4 nitrogen and oxygen atoms in total. The molecule has 2 atom stereocenters. The van der Waals surface area contributed by atoms with Crippen molar-refractivity contribution < 1.29 is 4.39 Å². The van der Waals surface area contributed by atoms with Gasteiger partial charge in [0.2, 0.25) is 5.95 Å². The number of nitrogens with zero attached hydrogens (tertiary/aromatic N) is 3. The second kappa shape index (κ2) is 5.93. The number of piperidine rings is 1. The first kappa shape index (κ1) is 14.2. The van der Waals surface area contributed by atoms with Gasteiger partial charge in [-0.25, -0.2) is 14.4 Å². The third kappa shape index (κ3) is 2.97. The summed E-state index contributed by atoms with van der Waals surface area (Å²) in [5.41, 5.74) is 0.789. The highest BCUT2D eigenvalue weighted by Gasteiger charge is 2.24. The molecule has 0 amide bonds. The number of aromatic nitrogens is 2. The molecule has 1 aromatic heterocycles. The van der Waals surface area contributed by atoms with Crippen molar-refractivity contribution >= 4 is 16.9 Å². The summed E-state index contributed by atoms with van der Waals surface area (Å²) in [7, 11) is 0. The summed E-state index contributed by atoms with van der Waals surface area (Å²) in [5.74, 6) is 0.481. The van der Waals surface area contributed by atoms with Crippen LogP contribution < -0.4 is 10.2 Å². The second-order valence-electron chi connectivity index (χ2n) is 5.70. The van der Waals surface area contributed by atoms with Crippen LogP contribution in [0.2, 0.25) is 0 Å². The van der Waals surface area contributed by atoms with Crippen LogP contribution in [-0.4, -0.2) is 35.1 Å². The van der Waals surface area contributed by atoms with Crippen molar-refractivity contribution in [3.63, 3.8) is 0 Å². The molecule has 112 valence electrons. The number of anilines is 1. The molecule has 1 saturated heterocycles. The second-order valence-corrected chi connectivity index (χ2v) is 5.70. The Morgan fingerprint density at radius 2 is 2.24 bits per heavy atom. The average molecular weight is 288 g/mol. The van der Waals surface area contributed by atoms with E-state index >= 15 is 0 Å². The Hall–Kier alpha value is -1.75. The number of benzene rings is 1. The van der Waals surface area contributed by atoms with E-state index in [1.165, 1.54) is 18.6 Å². The molecule has 0 spiro atoms. The van der Waals surface area contributed by atoms with E-state index in [0.29, 0.717) is 12.1 Å². The molecule has 0 aliphatic carbocycles. The Morgan fingerprint density at radius 1 is 1.38 bits per heavy atom. The van der Waals surface area contributed by atoms with Crippen LogP contribution in [0.3, 0.4) is 0 Å². The lowest BCUT2D eigenvalue weighted by molar-refractivity contribution is 0.368. The van der Waals surface area contributed by atoms with Crippen LogP contribution in [0.15, 0.2) is 24.4 Å². The first-order valence-electron chi connectivity index (χ1n) is 7.59. The molecule has 21 heavy (non-hydrogen) atoms. The molecular formula is C16H21FN4. The highest BCUT2D eigenvalue weighted by molar-refractivity contribution is 5.78. The minimum Gasteiger partial charge on any atom is -0.337 e. The van der Waals surface area contributed by atoms with Gasteiger partial charge in [-0.3, -0.25) is 0 Å². The molecular weight excluding hydrogens is 267 g/mol. The predicted molar refractivity (Wildman–Crippen MR) is 83.0 cm³/mol. The zero-order valence-electron chi connectivity index (χ0n) is 12.5. The van der Waals surface area contributed by atoms with Gasteiger partial charge in [0.05, 0.1) is 5.52 Å². The van der Waals surface area contributed by atoms with Crippen LogP contribution in [0.1, 0.15) is 26.7 Å². The van der Waals surface area contributed by atoms with E-state index in [0.717, 1.165) is 36.4 Å². The van der Waals surface area contributed by atoms with Crippen LogP contribution in [-0.2, 0) is 0 Å². The first-order valence-corrected chi connectivity index (χ1v) is 7.59. The standard InChI is InChI=1S/C16H21FN4/c1-3-21(14-6-4-11(2)18-10-14)16-19-9-12-8-13(17)5-7-15(12)20-16/h5,7-9,11,14,18H,3-4,6,10H2,1-2H3/t11-,14+/m1/s1. The van der Waals surface area contributed by atoms with Crippen molar-refractivity contribution in [2.45, 2.75) is 38.8 Å². The van der Waals surface area contributed by atoms with E-state index < -0.39 is 0 Å². The van der Waals surface area contributed by atoms with E-state index in [1.807, 2.05) is 0 Å². The number of rotatable bonds is 3. The van der Waals surface area contributed by atoms with Crippen LogP contribution in [0.5, 0.6) is 0 Å². The van der Waals surface area contributed by atoms with Crippen LogP contribution >= 0.6 is 0 Å². The maximum absolute atomic E-state index is 13.2. The minimum atomic E-state index is -0.253. The van der Waals surface area contributed by atoms with Crippen molar-refractivity contribution in [3.05, 3.63) is 30.2 Å². The Balaban J connectivity index is 1.88. The molecule has 1 N–H and O–H groups in total. The maximum Gasteiger partial charge on any atom is 0.226 e. The van der Waals surface area contributed by atoms with Crippen LogP contribution in [0.4, 0.5) is 10.3 Å². The maximum atomic E-state index is 13.2. The molecule has 1 fully saturated rings.